The molecule has 3 aromatic carbocycles. The minimum absolute atomic E-state index is 0.0162. The van der Waals surface area contributed by atoms with Crippen LogP contribution in [0.25, 0.3) is 11.0 Å². The van der Waals surface area contributed by atoms with Gasteiger partial charge in [0.05, 0.1) is 30.4 Å². The number of carbonyl (C=O) groups excluding carboxylic acids is 3. The summed E-state index contributed by atoms with van der Waals surface area (Å²) >= 11 is 14.7. The highest BCUT2D eigenvalue weighted by Gasteiger charge is 2.42. The van der Waals surface area contributed by atoms with Crippen molar-refractivity contribution in [3.05, 3.63) is 96.7 Å². The SMILES string of the molecule is COc1cc(C=O)cc(I)c1OC1C=C(C(=O)NCCO)CC(N(Cc2ccc(Cl)cc2Cl)C(=O)c2cc3cccc(OC)c3o2)C1O. The normalized spacial score (nSPS) is 17.4. The van der Waals surface area contributed by atoms with Gasteiger partial charge in [-0.2, -0.15) is 0 Å². The van der Waals surface area contributed by atoms with E-state index in [0.29, 0.717) is 42.7 Å². The zero-order valence-electron chi connectivity index (χ0n) is 25.7. The molecule has 4 aromatic rings. The van der Waals surface area contributed by atoms with Gasteiger partial charge in [0.25, 0.3) is 5.91 Å². The van der Waals surface area contributed by atoms with Crippen molar-refractivity contribution in [2.75, 3.05) is 27.4 Å². The van der Waals surface area contributed by atoms with Crippen LogP contribution in [0, 0.1) is 3.57 Å². The number of para-hydroxylation sites is 1. The Hall–Kier alpha value is -3.82. The van der Waals surface area contributed by atoms with Crippen molar-refractivity contribution in [1.29, 1.82) is 0 Å². The van der Waals surface area contributed by atoms with Crippen molar-refractivity contribution in [3.63, 3.8) is 0 Å². The van der Waals surface area contributed by atoms with E-state index < -0.39 is 30.1 Å². The topological polar surface area (TPSA) is 148 Å². The van der Waals surface area contributed by atoms with Crippen LogP contribution in [0.2, 0.25) is 10.0 Å². The highest BCUT2D eigenvalue weighted by molar-refractivity contribution is 14.1. The maximum Gasteiger partial charge on any atom is 0.290 e. The van der Waals surface area contributed by atoms with E-state index in [9.17, 15) is 24.6 Å². The molecule has 0 radical (unpaired) electrons. The first-order chi connectivity index (χ1) is 23.1. The summed E-state index contributed by atoms with van der Waals surface area (Å²) in [6.45, 7) is -0.409. The molecule has 1 aliphatic rings. The van der Waals surface area contributed by atoms with Crippen molar-refractivity contribution in [2.45, 2.75) is 31.2 Å². The van der Waals surface area contributed by atoms with Crippen LogP contribution >= 0.6 is 45.8 Å². The maximum atomic E-state index is 14.4. The molecule has 252 valence electrons. The summed E-state index contributed by atoms with van der Waals surface area (Å²) in [7, 11) is 2.90. The molecule has 3 N–H and O–H groups in total. The van der Waals surface area contributed by atoms with Crippen molar-refractivity contribution in [2.24, 2.45) is 0 Å². The third-order valence-electron chi connectivity index (χ3n) is 7.81. The molecule has 3 unspecified atom stereocenters. The van der Waals surface area contributed by atoms with Crippen molar-refractivity contribution in [1.82, 2.24) is 10.2 Å². The number of aliphatic hydroxyl groups excluding tert-OH is 2. The molecule has 1 aromatic heterocycles. The van der Waals surface area contributed by atoms with E-state index in [1.54, 1.807) is 48.5 Å². The lowest BCUT2D eigenvalue weighted by Gasteiger charge is -2.40. The van der Waals surface area contributed by atoms with Gasteiger partial charge in [-0.15, -0.1) is 0 Å². The molecule has 11 nitrogen and oxygen atoms in total. The lowest BCUT2D eigenvalue weighted by atomic mass is 9.87. The number of fused-ring (bicyclic) bond motifs is 1. The number of nitrogens with one attached hydrogen (secondary N) is 1. The number of nitrogens with zero attached hydrogens (tertiary/aromatic N) is 1. The fraction of sp³-hybridized carbons (Fsp3) is 0.265. The number of hydrogen-bond donors (Lipinski definition) is 3. The van der Waals surface area contributed by atoms with Crippen LogP contribution in [0.4, 0.5) is 0 Å². The highest BCUT2D eigenvalue weighted by Crippen LogP contribution is 2.38. The molecule has 0 fully saturated rings. The molecule has 0 spiro atoms. The second kappa shape index (κ2) is 15.6. The molecule has 2 amide bonds. The molecule has 14 heteroatoms. The van der Waals surface area contributed by atoms with E-state index >= 15 is 0 Å². The fourth-order valence-corrected chi connectivity index (χ4v) is 6.68. The second-order valence-corrected chi connectivity index (χ2v) is 12.8. The first kappa shape index (κ1) is 35.5. The molecule has 1 aliphatic carbocycles. The summed E-state index contributed by atoms with van der Waals surface area (Å²) in [4.78, 5) is 40.6. The molecule has 0 bridgehead atoms. The summed E-state index contributed by atoms with van der Waals surface area (Å²) in [6.07, 6.45) is -0.505. The van der Waals surface area contributed by atoms with Crippen LogP contribution in [0.15, 0.2) is 70.7 Å². The van der Waals surface area contributed by atoms with E-state index in [0.717, 1.165) is 0 Å². The standard InChI is InChI=1S/C34H31Cl2IN2O9/c1-45-26-5-3-4-19-13-29(48-31(19)26)34(44)39(16-20-6-7-22(35)15-23(20)36)25-12-21(33(43)38-8-9-40)14-27(30(25)42)47-32-24(37)10-18(17-41)11-28(32)46-2/h3-7,10-11,13-15,17,25,27,30,40,42H,8-9,12,16H2,1-2H3,(H,38,43). The van der Waals surface area contributed by atoms with Crippen molar-refractivity contribution in [3.8, 4) is 17.2 Å². The molecule has 0 aliphatic heterocycles. The lowest BCUT2D eigenvalue weighted by Crippen LogP contribution is -2.54. The van der Waals surface area contributed by atoms with Gasteiger partial charge < -0.3 is 39.1 Å². The smallest absolute Gasteiger partial charge is 0.290 e. The quantitative estimate of drug-likeness (QED) is 0.126. The van der Waals surface area contributed by atoms with Gasteiger partial charge in [0.1, 0.15) is 18.5 Å². The van der Waals surface area contributed by atoms with Crippen LogP contribution in [0.5, 0.6) is 17.2 Å². The minimum atomic E-state index is -1.39. The third-order valence-corrected chi connectivity index (χ3v) is 9.20. The number of aldehydes is 1. The number of methoxy groups -OCH3 is 2. The van der Waals surface area contributed by atoms with E-state index in [1.807, 2.05) is 22.6 Å². The Balaban J connectivity index is 1.61. The molecule has 3 atom stereocenters. The van der Waals surface area contributed by atoms with Gasteiger partial charge in [0, 0.05) is 46.1 Å². The van der Waals surface area contributed by atoms with Crippen LogP contribution < -0.4 is 19.5 Å². The first-order valence-electron chi connectivity index (χ1n) is 14.7. The van der Waals surface area contributed by atoms with Crippen LogP contribution in [0.3, 0.4) is 0 Å². The Kier molecular flexibility index (Phi) is 11.5. The van der Waals surface area contributed by atoms with Gasteiger partial charge in [-0.25, -0.2) is 0 Å². The van der Waals surface area contributed by atoms with Gasteiger partial charge in [-0.3, -0.25) is 14.4 Å². The fourth-order valence-electron chi connectivity index (χ4n) is 5.45. The summed E-state index contributed by atoms with van der Waals surface area (Å²) < 4.78 is 23.7. The molecule has 1 heterocycles. The number of rotatable bonds is 12. The predicted molar refractivity (Wildman–Crippen MR) is 187 cm³/mol. The summed E-state index contributed by atoms with van der Waals surface area (Å²) in [5.41, 5.74) is 1.44. The van der Waals surface area contributed by atoms with Crippen LogP contribution in [0.1, 0.15) is 32.9 Å². The number of halogens is 3. The molecule has 0 saturated heterocycles. The predicted octanol–water partition coefficient (Wildman–Crippen LogP) is 5.43. The Bertz CT molecular complexity index is 1880. The van der Waals surface area contributed by atoms with Gasteiger partial charge in [0.2, 0.25) is 5.91 Å². The molecular weight excluding hydrogens is 778 g/mol. The zero-order valence-corrected chi connectivity index (χ0v) is 29.4. The first-order valence-corrected chi connectivity index (χ1v) is 16.5. The summed E-state index contributed by atoms with van der Waals surface area (Å²) in [6, 6.07) is 13.7. The zero-order chi connectivity index (χ0) is 34.5. The Labute approximate surface area is 299 Å². The minimum Gasteiger partial charge on any atom is -0.493 e. The summed E-state index contributed by atoms with van der Waals surface area (Å²) in [5, 5.41) is 25.2. The number of hydrogen-bond acceptors (Lipinski definition) is 9. The van der Waals surface area contributed by atoms with Crippen LogP contribution in [-0.4, -0.2) is 78.8 Å². The largest absolute Gasteiger partial charge is 0.493 e. The second-order valence-electron chi connectivity index (χ2n) is 10.8. The average molecular weight is 809 g/mol. The number of amides is 2. The average Bonchev–Trinajstić information content (AvgIpc) is 3.53. The van der Waals surface area contributed by atoms with E-state index in [2.05, 4.69) is 5.32 Å². The molecule has 0 saturated carbocycles. The Morgan fingerprint density at radius 1 is 1.10 bits per heavy atom. The summed E-state index contributed by atoms with van der Waals surface area (Å²) in [5.74, 6) is -0.261. The molecular formula is C34H31Cl2IN2O9. The van der Waals surface area contributed by atoms with Gasteiger partial charge >= 0.3 is 0 Å². The van der Waals surface area contributed by atoms with Crippen molar-refractivity contribution >= 4 is 74.9 Å². The highest BCUT2D eigenvalue weighted by atomic mass is 127. The number of benzene rings is 3. The monoisotopic (exact) mass is 808 g/mol. The van der Waals surface area contributed by atoms with E-state index in [1.165, 1.54) is 31.3 Å². The number of aliphatic hydroxyl groups is 2. The van der Waals surface area contributed by atoms with Crippen molar-refractivity contribution < 1.29 is 43.2 Å². The van der Waals surface area contributed by atoms with Gasteiger partial charge in [-0.1, -0.05) is 41.4 Å². The maximum absolute atomic E-state index is 14.4. The Morgan fingerprint density at radius 3 is 2.56 bits per heavy atom. The van der Waals surface area contributed by atoms with E-state index in [-0.39, 0.29) is 54.0 Å². The van der Waals surface area contributed by atoms with Crippen LogP contribution in [-0.2, 0) is 11.3 Å². The number of ether oxygens (including phenoxy) is 3. The molecule has 5 rings (SSSR count). The molecule has 48 heavy (non-hydrogen) atoms. The third kappa shape index (κ3) is 7.57. The van der Waals surface area contributed by atoms with E-state index in [4.69, 9.17) is 41.8 Å². The number of furan rings is 1. The number of carbonyl (C=O) groups is 3. The Morgan fingerprint density at radius 2 is 1.88 bits per heavy atom. The van der Waals surface area contributed by atoms with Gasteiger partial charge in [-0.05, 0) is 70.6 Å². The lowest BCUT2D eigenvalue weighted by molar-refractivity contribution is -0.118. The van der Waals surface area contributed by atoms with Gasteiger partial charge in [0.15, 0.2) is 28.6 Å².